The summed E-state index contributed by atoms with van der Waals surface area (Å²) in [7, 11) is 0. The molecule has 0 aromatic heterocycles. The van der Waals surface area contributed by atoms with Gasteiger partial charge in [-0.05, 0) is 36.6 Å². The third-order valence-corrected chi connectivity index (χ3v) is 4.57. The molecule has 0 saturated heterocycles. The molecule has 1 heterocycles. The van der Waals surface area contributed by atoms with E-state index in [4.69, 9.17) is 0 Å². The summed E-state index contributed by atoms with van der Waals surface area (Å²) in [6.07, 6.45) is 0.892. The lowest BCUT2D eigenvalue weighted by Crippen LogP contribution is -2.47. The van der Waals surface area contributed by atoms with Crippen LogP contribution in [-0.4, -0.2) is 17.3 Å². The van der Waals surface area contributed by atoms with Crippen molar-refractivity contribution in [2.24, 2.45) is 0 Å². The maximum Gasteiger partial charge on any atom is 0.259 e. The molecule has 2 aromatic rings. The van der Waals surface area contributed by atoms with Gasteiger partial charge in [0.1, 0.15) is 0 Å². The first-order valence-electron chi connectivity index (χ1n) is 7.75. The van der Waals surface area contributed by atoms with Crippen LogP contribution in [0.2, 0.25) is 0 Å². The molecule has 3 rings (SSSR count). The topological polar surface area (TPSA) is 20.3 Å². The standard InChI is InChI=1S/C17H16BrNO.C2H6/c1-12-6-5-7-13-10-15(11-18)19(17(20)16(12)13)14-8-3-2-4-9-14;1-2/h2-9,15H,10-11H2,1H3;1-2H3. The molecule has 116 valence electrons. The van der Waals surface area contributed by atoms with E-state index in [0.29, 0.717) is 0 Å². The van der Waals surface area contributed by atoms with E-state index in [1.807, 2.05) is 68.1 Å². The first kappa shape index (κ1) is 16.8. The van der Waals surface area contributed by atoms with Crippen molar-refractivity contribution in [3.05, 3.63) is 65.2 Å². The zero-order chi connectivity index (χ0) is 16.1. The second-order valence-corrected chi connectivity index (χ2v) is 5.78. The van der Waals surface area contributed by atoms with Gasteiger partial charge < -0.3 is 4.90 Å². The van der Waals surface area contributed by atoms with Crippen LogP contribution in [0.1, 0.15) is 35.3 Å². The lowest BCUT2D eigenvalue weighted by molar-refractivity contribution is 0.0970. The van der Waals surface area contributed by atoms with Crippen molar-refractivity contribution in [1.29, 1.82) is 0 Å². The zero-order valence-electron chi connectivity index (χ0n) is 13.3. The number of anilines is 1. The largest absolute Gasteiger partial charge is 0.304 e. The predicted molar refractivity (Wildman–Crippen MR) is 97.1 cm³/mol. The van der Waals surface area contributed by atoms with Crippen molar-refractivity contribution >= 4 is 27.5 Å². The van der Waals surface area contributed by atoms with Crippen molar-refractivity contribution in [3.8, 4) is 0 Å². The van der Waals surface area contributed by atoms with Crippen LogP contribution in [0.15, 0.2) is 48.5 Å². The molecule has 1 aliphatic heterocycles. The van der Waals surface area contributed by atoms with Crippen molar-refractivity contribution in [2.45, 2.75) is 33.2 Å². The van der Waals surface area contributed by atoms with Crippen LogP contribution in [0.25, 0.3) is 0 Å². The van der Waals surface area contributed by atoms with Crippen LogP contribution in [0, 0.1) is 6.92 Å². The van der Waals surface area contributed by atoms with E-state index in [1.165, 1.54) is 0 Å². The third-order valence-electron chi connectivity index (χ3n) is 3.82. The third kappa shape index (κ3) is 3.09. The Balaban J connectivity index is 0.000000847. The first-order chi connectivity index (χ1) is 10.7. The molecule has 2 aromatic carbocycles. The Hall–Kier alpha value is -1.61. The molecule has 0 N–H and O–H groups in total. The minimum Gasteiger partial charge on any atom is -0.304 e. The second kappa shape index (κ2) is 7.59. The molecule has 1 atom stereocenters. The van der Waals surface area contributed by atoms with Crippen molar-refractivity contribution in [1.82, 2.24) is 0 Å². The highest BCUT2D eigenvalue weighted by molar-refractivity contribution is 9.09. The number of benzene rings is 2. The molecule has 0 bridgehead atoms. The zero-order valence-corrected chi connectivity index (χ0v) is 14.9. The van der Waals surface area contributed by atoms with E-state index in [9.17, 15) is 4.79 Å². The molecule has 0 fully saturated rings. The van der Waals surface area contributed by atoms with Crippen LogP contribution in [-0.2, 0) is 6.42 Å². The van der Waals surface area contributed by atoms with Gasteiger partial charge in [-0.1, -0.05) is 66.2 Å². The van der Waals surface area contributed by atoms with E-state index in [2.05, 4.69) is 22.0 Å². The van der Waals surface area contributed by atoms with Gasteiger partial charge in [0.2, 0.25) is 0 Å². The smallest absolute Gasteiger partial charge is 0.259 e. The number of fused-ring (bicyclic) bond motifs is 1. The van der Waals surface area contributed by atoms with Gasteiger partial charge in [0.25, 0.3) is 5.91 Å². The van der Waals surface area contributed by atoms with E-state index >= 15 is 0 Å². The fourth-order valence-electron chi connectivity index (χ4n) is 2.88. The lowest BCUT2D eigenvalue weighted by atomic mass is 9.90. The SMILES string of the molecule is CC.Cc1cccc2c1C(=O)N(c1ccccc1)C(CBr)C2. The normalized spacial score (nSPS) is 16.6. The number of halogens is 1. The second-order valence-electron chi connectivity index (χ2n) is 5.13. The number of hydrogen-bond donors (Lipinski definition) is 0. The highest BCUT2D eigenvalue weighted by atomic mass is 79.9. The number of amides is 1. The molecular formula is C19H22BrNO. The Morgan fingerprint density at radius 3 is 2.41 bits per heavy atom. The maximum absolute atomic E-state index is 12.9. The van der Waals surface area contributed by atoms with Crippen LogP contribution in [0.3, 0.4) is 0 Å². The summed E-state index contributed by atoms with van der Waals surface area (Å²) in [4.78, 5) is 14.8. The molecule has 0 spiro atoms. The average molecular weight is 360 g/mol. The number of carbonyl (C=O) groups is 1. The Labute approximate surface area is 141 Å². The molecule has 0 radical (unpaired) electrons. The van der Waals surface area contributed by atoms with Crippen LogP contribution in [0.4, 0.5) is 5.69 Å². The van der Waals surface area contributed by atoms with E-state index in [1.54, 1.807) is 0 Å². The fourth-order valence-corrected chi connectivity index (χ4v) is 3.39. The number of aryl methyl sites for hydroxylation is 1. The van der Waals surface area contributed by atoms with E-state index in [-0.39, 0.29) is 11.9 Å². The summed E-state index contributed by atoms with van der Waals surface area (Å²) in [5.41, 5.74) is 4.05. The van der Waals surface area contributed by atoms with Gasteiger partial charge >= 0.3 is 0 Å². The molecular weight excluding hydrogens is 338 g/mol. The first-order valence-corrected chi connectivity index (χ1v) is 8.87. The minimum absolute atomic E-state index is 0.111. The average Bonchev–Trinajstić information content (AvgIpc) is 2.57. The summed E-state index contributed by atoms with van der Waals surface area (Å²) in [6, 6.07) is 16.2. The molecule has 1 aliphatic rings. The number of alkyl halides is 1. The van der Waals surface area contributed by atoms with Crippen LogP contribution >= 0.6 is 15.9 Å². The Morgan fingerprint density at radius 2 is 1.77 bits per heavy atom. The van der Waals surface area contributed by atoms with Gasteiger partial charge in [-0.2, -0.15) is 0 Å². The molecule has 1 unspecified atom stereocenters. The van der Waals surface area contributed by atoms with Gasteiger partial charge in [-0.25, -0.2) is 0 Å². The molecule has 0 saturated carbocycles. The minimum atomic E-state index is 0.111. The molecule has 0 aliphatic carbocycles. The van der Waals surface area contributed by atoms with Gasteiger partial charge in [-0.3, -0.25) is 4.79 Å². The van der Waals surface area contributed by atoms with Gasteiger partial charge in [0.15, 0.2) is 0 Å². The molecule has 3 heteroatoms. The Morgan fingerprint density at radius 1 is 1.09 bits per heavy atom. The van der Waals surface area contributed by atoms with Gasteiger partial charge in [-0.15, -0.1) is 0 Å². The number of rotatable bonds is 2. The van der Waals surface area contributed by atoms with Crippen LogP contribution < -0.4 is 4.90 Å². The highest BCUT2D eigenvalue weighted by Gasteiger charge is 2.33. The van der Waals surface area contributed by atoms with Crippen molar-refractivity contribution < 1.29 is 4.79 Å². The van der Waals surface area contributed by atoms with Gasteiger partial charge in [0, 0.05) is 16.6 Å². The predicted octanol–water partition coefficient (Wildman–Crippen LogP) is 4.99. The van der Waals surface area contributed by atoms with Crippen LogP contribution in [0.5, 0.6) is 0 Å². The summed E-state index contributed by atoms with van der Waals surface area (Å²) < 4.78 is 0. The number of carbonyl (C=O) groups excluding carboxylic acids is 1. The molecule has 22 heavy (non-hydrogen) atoms. The molecule has 2 nitrogen and oxygen atoms in total. The summed E-state index contributed by atoms with van der Waals surface area (Å²) in [5, 5.41) is 0.779. The Bertz CT molecular complexity index is 639. The summed E-state index contributed by atoms with van der Waals surface area (Å²) >= 11 is 3.55. The number of nitrogens with zero attached hydrogens (tertiary/aromatic N) is 1. The Kier molecular flexibility index (Phi) is 5.78. The fraction of sp³-hybridized carbons (Fsp3) is 0.316. The summed E-state index contributed by atoms with van der Waals surface area (Å²) in [5.74, 6) is 0.111. The van der Waals surface area contributed by atoms with Crippen molar-refractivity contribution in [3.63, 3.8) is 0 Å². The quantitative estimate of drug-likeness (QED) is 0.691. The van der Waals surface area contributed by atoms with E-state index in [0.717, 1.165) is 34.1 Å². The molecule has 1 amide bonds. The lowest BCUT2D eigenvalue weighted by Gasteiger charge is -2.36. The monoisotopic (exact) mass is 359 g/mol. The number of hydrogen-bond acceptors (Lipinski definition) is 1. The number of para-hydroxylation sites is 1. The van der Waals surface area contributed by atoms with E-state index < -0.39 is 0 Å². The highest BCUT2D eigenvalue weighted by Crippen LogP contribution is 2.30. The van der Waals surface area contributed by atoms with Crippen molar-refractivity contribution in [2.75, 3.05) is 10.2 Å². The summed E-state index contributed by atoms with van der Waals surface area (Å²) in [6.45, 7) is 6.01. The maximum atomic E-state index is 12.9. The van der Waals surface area contributed by atoms with Gasteiger partial charge in [0.05, 0.1) is 6.04 Å².